The largest absolute Gasteiger partial charge is 0.499 e. The highest BCUT2D eigenvalue weighted by atomic mass is 127. The molecule has 0 aliphatic heterocycles. The number of rotatable bonds is 1. The minimum Gasteiger partial charge on any atom is -0.499 e. The van der Waals surface area contributed by atoms with Crippen LogP contribution in [0.3, 0.4) is 0 Å². The molecule has 13 heavy (non-hydrogen) atoms. The summed E-state index contributed by atoms with van der Waals surface area (Å²) in [5.74, 6) is 0. The van der Waals surface area contributed by atoms with Crippen LogP contribution >= 0.6 is 33.9 Å². The number of hydrogen-bond acceptors (Lipinski definition) is 3. The lowest BCUT2D eigenvalue weighted by atomic mass is 10.2. The summed E-state index contributed by atoms with van der Waals surface area (Å²) < 4.78 is 2.05. The lowest BCUT2D eigenvalue weighted by molar-refractivity contribution is 0.281. The zero-order chi connectivity index (χ0) is 9.42. The summed E-state index contributed by atoms with van der Waals surface area (Å²) in [4.78, 5) is 0. The maximum absolute atomic E-state index is 9.26. The van der Waals surface area contributed by atoms with Crippen LogP contribution < -0.4 is 0 Å². The highest BCUT2D eigenvalue weighted by molar-refractivity contribution is 14.1. The molecule has 2 nitrogen and oxygen atoms in total. The van der Waals surface area contributed by atoms with E-state index in [0.717, 1.165) is 19.2 Å². The average molecular weight is 306 g/mol. The highest BCUT2D eigenvalue weighted by Gasteiger charge is 2.04. The summed E-state index contributed by atoms with van der Waals surface area (Å²) in [6.07, 6.45) is 0. The topological polar surface area (TPSA) is 40.5 Å². The molecule has 0 bridgehead atoms. The predicted octanol–water partition coefficient (Wildman–Crippen LogP) is 2.70. The number of hydrogen-bond donors (Lipinski definition) is 2. The van der Waals surface area contributed by atoms with E-state index in [9.17, 15) is 5.11 Å². The molecule has 0 saturated heterocycles. The zero-order valence-corrected chi connectivity index (χ0v) is 9.59. The number of aliphatic hydroxyl groups excluding tert-OH is 1. The average Bonchev–Trinajstić information content (AvgIpc) is 2.42. The van der Waals surface area contributed by atoms with Crippen LogP contribution in [0.25, 0.3) is 10.1 Å². The normalized spacial score (nSPS) is 10.9. The first kappa shape index (κ1) is 9.23. The Labute approximate surface area is 93.0 Å². The number of benzene rings is 1. The van der Waals surface area contributed by atoms with Gasteiger partial charge >= 0.3 is 0 Å². The molecule has 0 spiro atoms. The summed E-state index contributed by atoms with van der Waals surface area (Å²) in [6, 6.07) is 5.63. The summed E-state index contributed by atoms with van der Waals surface area (Å²) in [5.41, 5.74) is 0.912. The van der Waals surface area contributed by atoms with Gasteiger partial charge in [0.15, 0.2) is 5.06 Å². The van der Waals surface area contributed by atoms with Gasteiger partial charge in [0, 0.05) is 8.27 Å². The van der Waals surface area contributed by atoms with Crippen LogP contribution in [-0.2, 0) is 6.61 Å². The van der Waals surface area contributed by atoms with E-state index in [1.807, 2.05) is 12.1 Å². The fourth-order valence-electron chi connectivity index (χ4n) is 1.21. The molecule has 1 heterocycles. The molecule has 0 aliphatic carbocycles. The number of aromatic hydroxyl groups is 1. The lowest BCUT2D eigenvalue weighted by Gasteiger charge is -1.99. The van der Waals surface area contributed by atoms with Gasteiger partial charge in [-0.15, -0.1) is 0 Å². The van der Waals surface area contributed by atoms with Gasteiger partial charge < -0.3 is 10.2 Å². The van der Waals surface area contributed by atoms with Gasteiger partial charge in [-0.2, -0.15) is 0 Å². The Morgan fingerprint density at radius 2 is 2.08 bits per heavy atom. The first-order chi connectivity index (χ1) is 6.20. The van der Waals surface area contributed by atoms with Crippen molar-refractivity contribution in [2.45, 2.75) is 6.61 Å². The van der Waals surface area contributed by atoms with E-state index in [1.54, 1.807) is 6.07 Å². The Balaban J connectivity index is 2.72. The Hall–Kier alpha value is -0.330. The Morgan fingerprint density at radius 3 is 2.77 bits per heavy atom. The third-order valence-corrected chi connectivity index (χ3v) is 3.75. The number of thiophene rings is 1. The zero-order valence-electron chi connectivity index (χ0n) is 6.62. The second-order valence-corrected chi connectivity index (χ2v) is 4.95. The van der Waals surface area contributed by atoms with Crippen molar-refractivity contribution in [2.24, 2.45) is 0 Å². The smallest absolute Gasteiger partial charge is 0.172 e. The first-order valence-corrected chi connectivity index (χ1v) is 5.62. The molecule has 68 valence electrons. The SMILES string of the molecule is OCc1cc2sc(O)cc2cc1I. The van der Waals surface area contributed by atoms with Crippen molar-refractivity contribution in [1.82, 2.24) is 0 Å². The van der Waals surface area contributed by atoms with E-state index in [0.29, 0.717) is 5.06 Å². The first-order valence-electron chi connectivity index (χ1n) is 3.72. The van der Waals surface area contributed by atoms with Crippen molar-refractivity contribution in [1.29, 1.82) is 0 Å². The molecular formula is C9H7IO2S. The van der Waals surface area contributed by atoms with Gasteiger partial charge in [-0.25, -0.2) is 0 Å². The molecule has 1 aromatic heterocycles. The van der Waals surface area contributed by atoms with Crippen LogP contribution in [-0.4, -0.2) is 10.2 Å². The van der Waals surface area contributed by atoms with Gasteiger partial charge in [-0.05, 0) is 51.7 Å². The van der Waals surface area contributed by atoms with Crippen LogP contribution in [0.15, 0.2) is 18.2 Å². The van der Waals surface area contributed by atoms with Crippen molar-refractivity contribution in [3.63, 3.8) is 0 Å². The molecule has 0 amide bonds. The van der Waals surface area contributed by atoms with E-state index in [-0.39, 0.29) is 6.61 Å². The molecule has 0 aliphatic rings. The molecule has 2 rings (SSSR count). The maximum atomic E-state index is 9.26. The summed E-state index contributed by atoms with van der Waals surface area (Å²) in [5, 5.41) is 19.6. The second-order valence-electron chi connectivity index (χ2n) is 2.72. The van der Waals surface area contributed by atoms with Gasteiger partial charge in [0.2, 0.25) is 0 Å². The van der Waals surface area contributed by atoms with E-state index < -0.39 is 0 Å². The second kappa shape index (κ2) is 3.43. The Morgan fingerprint density at radius 1 is 1.31 bits per heavy atom. The van der Waals surface area contributed by atoms with Gasteiger partial charge in [-0.1, -0.05) is 11.3 Å². The molecule has 0 fully saturated rings. The Bertz CT molecular complexity index is 450. The third kappa shape index (κ3) is 1.66. The minimum atomic E-state index is 0.0485. The third-order valence-electron chi connectivity index (χ3n) is 1.84. The van der Waals surface area contributed by atoms with Gasteiger partial charge in [0.25, 0.3) is 0 Å². The Kier molecular flexibility index (Phi) is 2.44. The number of fused-ring (bicyclic) bond motifs is 1. The van der Waals surface area contributed by atoms with Crippen LogP contribution in [0.5, 0.6) is 5.06 Å². The lowest BCUT2D eigenvalue weighted by Crippen LogP contribution is -1.86. The molecule has 0 atom stereocenters. The van der Waals surface area contributed by atoms with E-state index in [4.69, 9.17) is 5.11 Å². The molecule has 0 radical (unpaired) electrons. The van der Waals surface area contributed by atoms with Gasteiger partial charge in [0.1, 0.15) is 0 Å². The van der Waals surface area contributed by atoms with Crippen molar-refractivity contribution in [3.05, 3.63) is 27.3 Å². The molecule has 2 aromatic rings. The van der Waals surface area contributed by atoms with Crippen molar-refractivity contribution in [2.75, 3.05) is 0 Å². The molecule has 2 N–H and O–H groups in total. The van der Waals surface area contributed by atoms with Crippen LogP contribution in [0.1, 0.15) is 5.56 Å². The quantitative estimate of drug-likeness (QED) is 0.795. The van der Waals surface area contributed by atoms with Crippen molar-refractivity contribution in [3.8, 4) is 5.06 Å². The van der Waals surface area contributed by atoms with E-state index in [1.165, 1.54) is 11.3 Å². The monoisotopic (exact) mass is 306 g/mol. The van der Waals surface area contributed by atoms with Crippen molar-refractivity contribution < 1.29 is 10.2 Å². The van der Waals surface area contributed by atoms with Crippen LogP contribution in [0, 0.1) is 3.57 Å². The summed E-state index contributed by atoms with van der Waals surface area (Å²) in [7, 11) is 0. The summed E-state index contributed by atoms with van der Waals surface area (Å²) in [6.45, 7) is 0.0485. The van der Waals surface area contributed by atoms with Crippen molar-refractivity contribution >= 4 is 44.0 Å². The maximum Gasteiger partial charge on any atom is 0.172 e. The standard InChI is InChI=1S/C9H7IO2S/c10-7-1-5-3-9(12)13-8(5)2-6(7)4-11/h1-3,11-12H,4H2. The number of halogens is 1. The summed E-state index contributed by atoms with van der Waals surface area (Å²) >= 11 is 3.51. The molecule has 0 unspecified atom stereocenters. The number of aliphatic hydroxyl groups is 1. The molecule has 0 saturated carbocycles. The van der Waals surface area contributed by atoms with Crippen LogP contribution in [0.2, 0.25) is 0 Å². The van der Waals surface area contributed by atoms with E-state index in [2.05, 4.69) is 22.6 Å². The predicted molar refractivity (Wildman–Crippen MR) is 62.1 cm³/mol. The van der Waals surface area contributed by atoms with Crippen LogP contribution in [0.4, 0.5) is 0 Å². The highest BCUT2D eigenvalue weighted by Crippen LogP contribution is 2.32. The molecule has 4 heteroatoms. The minimum absolute atomic E-state index is 0.0485. The van der Waals surface area contributed by atoms with Gasteiger partial charge in [-0.3, -0.25) is 0 Å². The molecule has 1 aromatic carbocycles. The fraction of sp³-hybridized carbons (Fsp3) is 0.111. The van der Waals surface area contributed by atoms with E-state index >= 15 is 0 Å². The van der Waals surface area contributed by atoms with Gasteiger partial charge in [0.05, 0.1) is 6.61 Å². The fourth-order valence-corrected chi connectivity index (χ4v) is 2.72. The molecular weight excluding hydrogens is 299 g/mol.